The van der Waals surface area contributed by atoms with E-state index in [4.69, 9.17) is 9.15 Å². The summed E-state index contributed by atoms with van der Waals surface area (Å²) in [4.78, 5) is 46.3. The van der Waals surface area contributed by atoms with Crippen LogP contribution in [0.5, 0.6) is 5.88 Å². The Hall–Kier alpha value is -3.75. The van der Waals surface area contributed by atoms with Crippen LogP contribution in [-0.2, 0) is 14.4 Å². The molecule has 3 aromatic rings. The van der Waals surface area contributed by atoms with Crippen LogP contribution < -0.4 is 10.1 Å². The molecule has 2 aromatic heterocycles. The Morgan fingerprint density at radius 2 is 1.91 bits per heavy atom. The third-order valence-corrected chi connectivity index (χ3v) is 5.72. The summed E-state index contributed by atoms with van der Waals surface area (Å²) in [6, 6.07) is 8.99. The van der Waals surface area contributed by atoms with E-state index in [9.17, 15) is 14.4 Å². The summed E-state index contributed by atoms with van der Waals surface area (Å²) in [6.07, 6.45) is 5.49. The molecule has 0 fully saturated rings. The van der Waals surface area contributed by atoms with E-state index in [0.717, 1.165) is 30.2 Å². The molecular formula is C26H32N4O5. The molecule has 0 unspecified atom stereocenters. The van der Waals surface area contributed by atoms with E-state index in [0.29, 0.717) is 42.4 Å². The molecule has 9 heteroatoms. The lowest BCUT2D eigenvalue weighted by Crippen LogP contribution is -2.41. The average Bonchev–Trinajstić information content (AvgIpc) is 3.36. The maximum absolute atomic E-state index is 12.5. The lowest BCUT2D eigenvalue weighted by molar-refractivity contribution is -0.144. The molecule has 1 aromatic carbocycles. The number of hydrogen-bond donors (Lipinski definition) is 1. The van der Waals surface area contributed by atoms with Crippen molar-refractivity contribution in [3.05, 3.63) is 42.4 Å². The van der Waals surface area contributed by atoms with E-state index in [-0.39, 0.29) is 5.78 Å². The molecule has 0 saturated carbocycles. The molecule has 0 radical (unpaired) electrons. The quantitative estimate of drug-likeness (QED) is 0.325. The standard InChI is InChI=1S/C26H32N4O5/c1-5-18(31)12-7-6-8-14-21(28-23(32)26(33)30(2)3)25-27-16-22(35-25)19-15-17-11-9-10-13-20(17)29-24(19)34-4/h9-11,13,15-16,21H,5-8,12,14H2,1-4H3,(H,28,32)/t21-/m0/s1. The van der Waals surface area contributed by atoms with E-state index in [1.165, 1.54) is 26.1 Å². The van der Waals surface area contributed by atoms with Crippen molar-refractivity contribution in [2.24, 2.45) is 0 Å². The van der Waals surface area contributed by atoms with Gasteiger partial charge in [0.05, 0.1) is 24.4 Å². The third-order valence-electron chi connectivity index (χ3n) is 5.72. The Balaban J connectivity index is 1.82. The van der Waals surface area contributed by atoms with Crippen molar-refractivity contribution < 1.29 is 23.5 Å². The van der Waals surface area contributed by atoms with E-state index in [1.807, 2.05) is 37.3 Å². The number of amides is 2. The molecule has 1 N–H and O–H groups in total. The molecule has 3 rings (SSSR count). The van der Waals surface area contributed by atoms with Gasteiger partial charge in [-0.2, -0.15) is 0 Å². The van der Waals surface area contributed by atoms with Crippen LogP contribution in [0.3, 0.4) is 0 Å². The van der Waals surface area contributed by atoms with Crippen molar-refractivity contribution in [3.63, 3.8) is 0 Å². The highest BCUT2D eigenvalue weighted by Crippen LogP contribution is 2.33. The molecular weight excluding hydrogens is 448 g/mol. The molecule has 0 saturated heterocycles. The first kappa shape index (κ1) is 25.9. The van der Waals surface area contributed by atoms with Gasteiger partial charge < -0.3 is 19.4 Å². The monoisotopic (exact) mass is 480 g/mol. The van der Waals surface area contributed by atoms with Crippen molar-refractivity contribution in [3.8, 4) is 17.2 Å². The summed E-state index contributed by atoms with van der Waals surface area (Å²) in [6.45, 7) is 1.86. The number of para-hydroxylation sites is 1. The molecule has 0 aliphatic heterocycles. The van der Waals surface area contributed by atoms with Crippen molar-refractivity contribution in [1.82, 2.24) is 20.2 Å². The van der Waals surface area contributed by atoms with Crippen LogP contribution >= 0.6 is 0 Å². The van der Waals surface area contributed by atoms with Gasteiger partial charge in [0.15, 0.2) is 5.76 Å². The molecule has 0 aliphatic carbocycles. The molecule has 1 atom stereocenters. The zero-order valence-electron chi connectivity index (χ0n) is 20.7. The lowest BCUT2D eigenvalue weighted by Gasteiger charge is -2.17. The summed E-state index contributed by atoms with van der Waals surface area (Å²) >= 11 is 0. The van der Waals surface area contributed by atoms with Gasteiger partial charge in [-0.3, -0.25) is 14.4 Å². The number of ketones is 1. The van der Waals surface area contributed by atoms with Crippen molar-refractivity contribution in [2.75, 3.05) is 21.2 Å². The minimum absolute atomic E-state index is 0.238. The van der Waals surface area contributed by atoms with Crippen molar-refractivity contribution >= 4 is 28.5 Å². The number of carbonyl (C=O) groups excluding carboxylic acids is 3. The number of carbonyl (C=O) groups is 3. The molecule has 186 valence electrons. The summed E-state index contributed by atoms with van der Waals surface area (Å²) in [5.74, 6) is -0.0137. The van der Waals surface area contributed by atoms with E-state index in [2.05, 4.69) is 15.3 Å². The van der Waals surface area contributed by atoms with Crippen molar-refractivity contribution in [1.29, 1.82) is 0 Å². The number of hydrogen-bond acceptors (Lipinski definition) is 7. The Morgan fingerprint density at radius 3 is 2.63 bits per heavy atom. The Labute approximate surface area is 204 Å². The minimum atomic E-state index is -0.731. The number of nitrogens with zero attached hydrogens (tertiary/aromatic N) is 3. The van der Waals surface area contributed by atoms with Gasteiger partial charge in [-0.1, -0.05) is 38.0 Å². The van der Waals surface area contributed by atoms with Crippen LogP contribution in [-0.4, -0.2) is 53.7 Å². The predicted molar refractivity (Wildman–Crippen MR) is 132 cm³/mol. The second kappa shape index (κ2) is 12.1. The summed E-state index contributed by atoms with van der Waals surface area (Å²) in [5.41, 5.74) is 1.43. The van der Waals surface area contributed by atoms with Gasteiger partial charge in [-0.25, -0.2) is 9.97 Å². The second-order valence-electron chi connectivity index (χ2n) is 8.52. The van der Waals surface area contributed by atoms with Gasteiger partial charge in [0.2, 0.25) is 11.8 Å². The predicted octanol–water partition coefficient (Wildman–Crippen LogP) is 4.07. The van der Waals surface area contributed by atoms with Gasteiger partial charge >= 0.3 is 11.8 Å². The number of pyridine rings is 1. The number of rotatable bonds is 11. The van der Waals surface area contributed by atoms with Gasteiger partial charge in [0, 0.05) is 32.3 Å². The van der Waals surface area contributed by atoms with E-state index >= 15 is 0 Å². The van der Waals surface area contributed by atoms with Crippen LogP contribution in [0.2, 0.25) is 0 Å². The number of oxazole rings is 1. The largest absolute Gasteiger partial charge is 0.480 e. The summed E-state index contributed by atoms with van der Waals surface area (Å²) < 4.78 is 11.5. The number of likely N-dealkylation sites (N-methyl/N-ethyl adjacent to an activating group) is 1. The Morgan fingerprint density at radius 1 is 1.14 bits per heavy atom. The SMILES string of the molecule is CCC(=O)CCCCC[C@H](NC(=O)C(=O)N(C)C)c1ncc(-c2cc3ccccc3nc2OC)o1. The smallest absolute Gasteiger partial charge is 0.311 e. The van der Waals surface area contributed by atoms with Gasteiger partial charge in [0.1, 0.15) is 11.8 Å². The topological polar surface area (TPSA) is 115 Å². The number of ether oxygens (including phenoxy) is 1. The van der Waals surface area contributed by atoms with Crippen molar-refractivity contribution in [2.45, 2.75) is 51.5 Å². The first-order valence-corrected chi connectivity index (χ1v) is 11.8. The number of fused-ring (bicyclic) bond motifs is 1. The third kappa shape index (κ3) is 6.65. The van der Waals surface area contributed by atoms with Crippen LogP contribution in [0.25, 0.3) is 22.2 Å². The number of unbranched alkanes of at least 4 members (excludes halogenated alkanes) is 2. The zero-order chi connectivity index (χ0) is 25.4. The van der Waals surface area contributed by atoms with Crippen LogP contribution in [0.1, 0.15) is 57.4 Å². The van der Waals surface area contributed by atoms with Crippen LogP contribution in [0, 0.1) is 0 Å². The molecule has 0 spiro atoms. The maximum Gasteiger partial charge on any atom is 0.311 e. The first-order valence-electron chi connectivity index (χ1n) is 11.8. The highest BCUT2D eigenvalue weighted by Gasteiger charge is 2.25. The second-order valence-corrected chi connectivity index (χ2v) is 8.52. The fourth-order valence-electron chi connectivity index (χ4n) is 3.71. The minimum Gasteiger partial charge on any atom is -0.480 e. The highest BCUT2D eigenvalue weighted by molar-refractivity contribution is 6.34. The molecule has 9 nitrogen and oxygen atoms in total. The molecule has 2 amide bonds. The van der Waals surface area contributed by atoms with Crippen LogP contribution in [0.15, 0.2) is 40.9 Å². The number of Topliss-reactive ketones (excluding diaryl/α,β-unsaturated/α-hetero) is 1. The molecule has 35 heavy (non-hydrogen) atoms. The number of nitrogens with one attached hydrogen (secondary N) is 1. The van der Waals surface area contributed by atoms with Gasteiger partial charge in [-0.05, 0) is 25.0 Å². The number of methoxy groups -OCH3 is 1. The Kier molecular flexibility index (Phi) is 8.94. The zero-order valence-corrected chi connectivity index (χ0v) is 20.7. The number of aromatic nitrogens is 2. The molecule has 0 bridgehead atoms. The summed E-state index contributed by atoms with van der Waals surface area (Å²) in [7, 11) is 4.57. The van der Waals surface area contributed by atoms with E-state index < -0.39 is 17.9 Å². The van der Waals surface area contributed by atoms with E-state index in [1.54, 1.807) is 6.20 Å². The summed E-state index contributed by atoms with van der Waals surface area (Å²) in [5, 5.41) is 3.67. The normalized spacial score (nSPS) is 11.8. The maximum atomic E-state index is 12.5. The van der Waals surface area contributed by atoms with Gasteiger partial charge in [0.25, 0.3) is 0 Å². The van der Waals surface area contributed by atoms with Gasteiger partial charge in [-0.15, -0.1) is 0 Å². The molecule has 2 heterocycles. The highest BCUT2D eigenvalue weighted by atomic mass is 16.5. The number of benzene rings is 1. The van der Waals surface area contributed by atoms with Crippen LogP contribution in [0.4, 0.5) is 0 Å². The molecule has 0 aliphatic rings. The average molecular weight is 481 g/mol. The fourth-order valence-corrected chi connectivity index (χ4v) is 3.71. The lowest BCUT2D eigenvalue weighted by atomic mass is 10.0. The fraction of sp³-hybridized carbons (Fsp3) is 0.423. The Bertz CT molecular complexity index is 1190. The first-order chi connectivity index (χ1) is 16.8.